The Morgan fingerprint density at radius 1 is 1.16 bits per heavy atom. The zero-order chi connectivity index (χ0) is 14.8. The molecule has 0 saturated heterocycles. The highest BCUT2D eigenvalue weighted by atomic mass is 19.4. The van der Waals surface area contributed by atoms with E-state index in [-0.39, 0.29) is 5.56 Å². The van der Waals surface area contributed by atoms with Gasteiger partial charge in [0.2, 0.25) is 0 Å². The first-order valence-corrected chi connectivity index (χ1v) is 5.59. The summed E-state index contributed by atoms with van der Waals surface area (Å²) in [6, 6.07) is 5.26. The largest absolute Gasteiger partial charge is 0.471 e. The van der Waals surface area contributed by atoms with Crippen LogP contribution in [0, 0.1) is 6.92 Å². The maximum absolute atomic E-state index is 12.3. The molecule has 0 aromatic heterocycles. The number of amides is 1. The second-order valence-corrected chi connectivity index (χ2v) is 4.32. The summed E-state index contributed by atoms with van der Waals surface area (Å²) in [5.74, 6) is -2.56. The van der Waals surface area contributed by atoms with Crippen LogP contribution in [0.4, 0.5) is 13.2 Å². The first kappa shape index (κ1) is 15.2. The molecule has 0 bridgehead atoms. The number of benzene rings is 1. The van der Waals surface area contributed by atoms with Crippen LogP contribution in [0.2, 0.25) is 0 Å². The smallest absolute Gasteiger partial charge is 0.328 e. The topological polar surface area (TPSA) is 37.4 Å². The first-order chi connectivity index (χ1) is 8.64. The van der Waals surface area contributed by atoms with Gasteiger partial charge in [-0.3, -0.25) is 9.59 Å². The highest BCUT2D eigenvalue weighted by Crippen LogP contribution is 2.20. The predicted octanol–water partition coefficient (Wildman–Crippen LogP) is 2.59. The predicted molar refractivity (Wildman–Crippen MR) is 63.8 cm³/mol. The SMILES string of the molecule is Cc1ccc(C(=O)C(C)N(C)C(=O)C(F)(F)F)cc1. The van der Waals surface area contributed by atoms with Crippen LogP contribution in [-0.2, 0) is 4.79 Å². The average Bonchev–Trinajstić information content (AvgIpc) is 2.35. The van der Waals surface area contributed by atoms with Crippen molar-refractivity contribution in [3.8, 4) is 0 Å². The van der Waals surface area contributed by atoms with Gasteiger partial charge in [-0.2, -0.15) is 13.2 Å². The molecule has 1 atom stereocenters. The number of ketones is 1. The third kappa shape index (κ3) is 3.56. The number of rotatable bonds is 3. The normalized spacial score (nSPS) is 12.9. The quantitative estimate of drug-likeness (QED) is 0.794. The Hall–Kier alpha value is -1.85. The minimum Gasteiger partial charge on any atom is -0.328 e. The number of carbonyl (C=O) groups is 2. The van der Waals surface area contributed by atoms with Gasteiger partial charge in [-0.15, -0.1) is 0 Å². The minimum absolute atomic E-state index is 0.278. The molecule has 0 aliphatic carbocycles. The molecule has 1 aromatic carbocycles. The van der Waals surface area contributed by atoms with Gasteiger partial charge in [-0.1, -0.05) is 29.8 Å². The van der Waals surface area contributed by atoms with E-state index >= 15 is 0 Å². The summed E-state index contributed by atoms with van der Waals surface area (Å²) >= 11 is 0. The van der Waals surface area contributed by atoms with Gasteiger partial charge in [0.25, 0.3) is 0 Å². The van der Waals surface area contributed by atoms with Crippen LogP contribution in [0.25, 0.3) is 0 Å². The van der Waals surface area contributed by atoms with Crippen molar-refractivity contribution in [1.82, 2.24) is 4.90 Å². The van der Waals surface area contributed by atoms with Gasteiger partial charge in [0.15, 0.2) is 5.78 Å². The standard InChI is InChI=1S/C13H14F3NO2/c1-8-4-6-10(7-5-8)11(18)9(2)17(3)12(19)13(14,15)16/h4-7,9H,1-3H3. The van der Waals surface area contributed by atoms with E-state index in [0.717, 1.165) is 12.6 Å². The molecule has 0 N–H and O–H groups in total. The molecule has 0 spiro atoms. The number of alkyl halides is 3. The molecular weight excluding hydrogens is 259 g/mol. The molecule has 0 fully saturated rings. The number of likely N-dealkylation sites (N-methyl/N-ethyl adjacent to an activating group) is 1. The molecule has 6 heteroatoms. The molecular formula is C13H14F3NO2. The van der Waals surface area contributed by atoms with Crippen molar-refractivity contribution in [3.63, 3.8) is 0 Å². The van der Waals surface area contributed by atoms with Gasteiger partial charge in [0.05, 0.1) is 6.04 Å². The minimum atomic E-state index is -4.98. The van der Waals surface area contributed by atoms with E-state index in [2.05, 4.69) is 0 Å². The molecule has 1 aromatic rings. The van der Waals surface area contributed by atoms with Crippen LogP contribution >= 0.6 is 0 Å². The summed E-state index contributed by atoms with van der Waals surface area (Å²) in [5, 5.41) is 0. The van der Waals surface area contributed by atoms with Crippen LogP contribution < -0.4 is 0 Å². The van der Waals surface area contributed by atoms with Gasteiger partial charge in [0, 0.05) is 12.6 Å². The lowest BCUT2D eigenvalue weighted by atomic mass is 10.0. The maximum atomic E-state index is 12.3. The average molecular weight is 273 g/mol. The molecule has 1 amide bonds. The van der Waals surface area contributed by atoms with E-state index in [1.54, 1.807) is 12.1 Å². The molecule has 1 unspecified atom stereocenters. The number of halogens is 3. The molecule has 19 heavy (non-hydrogen) atoms. The molecule has 0 radical (unpaired) electrons. The van der Waals surface area contributed by atoms with Crippen LogP contribution in [-0.4, -0.2) is 35.9 Å². The van der Waals surface area contributed by atoms with Gasteiger partial charge >= 0.3 is 12.1 Å². The van der Waals surface area contributed by atoms with Crippen molar-refractivity contribution in [1.29, 1.82) is 0 Å². The third-order valence-corrected chi connectivity index (χ3v) is 2.86. The fraction of sp³-hybridized carbons (Fsp3) is 0.385. The first-order valence-electron chi connectivity index (χ1n) is 5.59. The molecule has 0 aliphatic rings. The molecule has 1 rings (SSSR count). The lowest BCUT2D eigenvalue weighted by molar-refractivity contribution is -0.185. The van der Waals surface area contributed by atoms with E-state index in [4.69, 9.17) is 0 Å². The Labute approximate surface area is 109 Å². The second kappa shape index (κ2) is 5.42. The Balaban J connectivity index is 2.88. The van der Waals surface area contributed by atoms with Crippen molar-refractivity contribution in [2.75, 3.05) is 7.05 Å². The van der Waals surface area contributed by atoms with E-state index < -0.39 is 23.9 Å². The third-order valence-electron chi connectivity index (χ3n) is 2.86. The fourth-order valence-corrected chi connectivity index (χ4v) is 1.51. The van der Waals surface area contributed by atoms with Gasteiger partial charge < -0.3 is 4.90 Å². The van der Waals surface area contributed by atoms with Crippen molar-refractivity contribution < 1.29 is 22.8 Å². The van der Waals surface area contributed by atoms with E-state index in [1.807, 2.05) is 6.92 Å². The molecule has 104 valence electrons. The summed E-state index contributed by atoms with van der Waals surface area (Å²) in [4.78, 5) is 23.4. The zero-order valence-electron chi connectivity index (χ0n) is 10.8. The van der Waals surface area contributed by atoms with E-state index in [1.165, 1.54) is 19.1 Å². The van der Waals surface area contributed by atoms with Crippen LogP contribution in [0.1, 0.15) is 22.8 Å². The van der Waals surface area contributed by atoms with Crippen molar-refractivity contribution in [2.24, 2.45) is 0 Å². The van der Waals surface area contributed by atoms with Gasteiger partial charge in [-0.25, -0.2) is 0 Å². The zero-order valence-corrected chi connectivity index (χ0v) is 10.8. The Morgan fingerprint density at radius 3 is 2.05 bits per heavy atom. The molecule has 0 saturated carbocycles. The van der Waals surface area contributed by atoms with Crippen molar-refractivity contribution in [2.45, 2.75) is 26.1 Å². The highest BCUT2D eigenvalue weighted by Gasteiger charge is 2.43. The Kier molecular flexibility index (Phi) is 4.34. The second-order valence-electron chi connectivity index (χ2n) is 4.32. The molecule has 3 nitrogen and oxygen atoms in total. The molecule has 0 aliphatic heterocycles. The number of hydrogen-bond acceptors (Lipinski definition) is 2. The summed E-state index contributed by atoms with van der Waals surface area (Å²) in [6.45, 7) is 3.10. The fourth-order valence-electron chi connectivity index (χ4n) is 1.51. The number of carbonyl (C=O) groups excluding carboxylic acids is 2. The van der Waals surface area contributed by atoms with Crippen LogP contribution in [0.5, 0.6) is 0 Å². The summed E-state index contributed by atoms with van der Waals surface area (Å²) in [6.07, 6.45) is -4.98. The number of hydrogen-bond donors (Lipinski definition) is 0. The lowest BCUT2D eigenvalue weighted by Crippen LogP contribution is -2.46. The van der Waals surface area contributed by atoms with Crippen LogP contribution in [0.3, 0.4) is 0 Å². The van der Waals surface area contributed by atoms with E-state index in [9.17, 15) is 22.8 Å². The number of nitrogens with zero attached hydrogens (tertiary/aromatic N) is 1. The van der Waals surface area contributed by atoms with Gasteiger partial charge in [-0.05, 0) is 13.8 Å². The van der Waals surface area contributed by atoms with Gasteiger partial charge in [0.1, 0.15) is 0 Å². The van der Waals surface area contributed by atoms with Crippen molar-refractivity contribution >= 4 is 11.7 Å². The summed E-state index contributed by atoms with van der Waals surface area (Å²) in [7, 11) is 0.965. The Bertz CT molecular complexity index is 480. The summed E-state index contributed by atoms with van der Waals surface area (Å²) < 4.78 is 36.8. The lowest BCUT2D eigenvalue weighted by Gasteiger charge is -2.24. The highest BCUT2D eigenvalue weighted by molar-refractivity contribution is 6.02. The van der Waals surface area contributed by atoms with Crippen molar-refractivity contribution in [3.05, 3.63) is 35.4 Å². The summed E-state index contributed by atoms with van der Waals surface area (Å²) in [5.41, 5.74) is 1.21. The molecule has 0 heterocycles. The maximum Gasteiger partial charge on any atom is 0.471 e. The van der Waals surface area contributed by atoms with E-state index in [0.29, 0.717) is 4.90 Å². The number of Topliss-reactive ketones (excluding diaryl/α,β-unsaturated/α-hetero) is 1. The number of aryl methyl sites for hydroxylation is 1. The van der Waals surface area contributed by atoms with Crippen LogP contribution in [0.15, 0.2) is 24.3 Å². The Morgan fingerprint density at radius 2 is 1.63 bits per heavy atom. The monoisotopic (exact) mass is 273 g/mol.